The van der Waals surface area contributed by atoms with E-state index in [1.54, 1.807) is 6.07 Å². The number of amides is 1. The van der Waals surface area contributed by atoms with Crippen LogP contribution in [0, 0.1) is 21.4 Å². The van der Waals surface area contributed by atoms with Crippen LogP contribution in [0.15, 0.2) is 12.3 Å². The zero-order valence-electron chi connectivity index (χ0n) is 10.3. The molecule has 19 heavy (non-hydrogen) atoms. The number of aromatic nitrogens is 1. The Morgan fingerprint density at radius 1 is 1.63 bits per heavy atom. The maximum Gasteiger partial charge on any atom is 0.312 e. The van der Waals surface area contributed by atoms with E-state index in [-0.39, 0.29) is 29.5 Å². The third-order valence-electron chi connectivity index (χ3n) is 2.18. The Bertz CT molecular complexity index is 524. The Morgan fingerprint density at radius 2 is 2.37 bits per heavy atom. The summed E-state index contributed by atoms with van der Waals surface area (Å²) in [5.74, 6) is -0.307. The summed E-state index contributed by atoms with van der Waals surface area (Å²) in [7, 11) is 0. The Morgan fingerprint density at radius 3 is 2.95 bits per heavy atom. The zero-order chi connectivity index (χ0) is 14.3. The van der Waals surface area contributed by atoms with Crippen molar-refractivity contribution in [2.24, 2.45) is 0 Å². The number of anilines is 1. The molecule has 1 aromatic rings. The van der Waals surface area contributed by atoms with E-state index in [1.807, 2.05) is 6.92 Å². The normalized spacial score (nSPS) is 9.47. The van der Waals surface area contributed by atoms with Gasteiger partial charge in [0.25, 0.3) is 0 Å². The zero-order valence-corrected chi connectivity index (χ0v) is 10.3. The lowest BCUT2D eigenvalue weighted by Crippen LogP contribution is -2.30. The maximum absolute atomic E-state index is 11.4. The van der Waals surface area contributed by atoms with E-state index < -0.39 is 4.92 Å². The van der Waals surface area contributed by atoms with Crippen LogP contribution < -0.4 is 10.6 Å². The molecule has 8 nitrogen and oxygen atoms in total. The number of nitro groups is 1. The minimum atomic E-state index is -0.653. The quantitative estimate of drug-likeness (QED) is 0.578. The Kier molecular flexibility index (Phi) is 5.22. The number of hydrogen-bond acceptors (Lipinski definition) is 6. The second kappa shape index (κ2) is 6.90. The van der Waals surface area contributed by atoms with Gasteiger partial charge in [-0.3, -0.25) is 14.9 Å². The fourth-order valence-corrected chi connectivity index (χ4v) is 1.28. The molecule has 0 aromatic carbocycles. The van der Waals surface area contributed by atoms with E-state index in [9.17, 15) is 14.9 Å². The van der Waals surface area contributed by atoms with Crippen LogP contribution in [0.2, 0.25) is 0 Å². The van der Waals surface area contributed by atoms with Gasteiger partial charge in [-0.15, -0.1) is 0 Å². The predicted molar refractivity (Wildman–Crippen MR) is 67.4 cm³/mol. The van der Waals surface area contributed by atoms with Crippen molar-refractivity contribution < 1.29 is 9.72 Å². The van der Waals surface area contributed by atoms with Gasteiger partial charge in [0, 0.05) is 18.8 Å². The third kappa shape index (κ3) is 4.23. The van der Waals surface area contributed by atoms with Crippen LogP contribution in [0.4, 0.5) is 11.5 Å². The van der Waals surface area contributed by atoms with Gasteiger partial charge in [0.1, 0.15) is 6.07 Å². The molecule has 1 rings (SSSR count). The largest absolute Gasteiger partial charge is 0.355 e. The monoisotopic (exact) mass is 263 g/mol. The van der Waals surface area contributed by atoms with Gasteiger partial charge in [0.2, 0.25) is 11.7 Å². The molecule has 1 heterocycles. The summed E-state index contributed by atoms with van der Waals surface area (Å²) in [5, 5.41) is 24.7. The van der Waals surface area contributed by atoms with Crippen LogP contribution in [-0.2, 0) is 4.79 Å². The average Bonchev–Trinajstić information content (AvgIpc) is 2.42. The number of carbonyl (C=O) groups is 1. The molecule has 8 heteroatoms. The molecule has 1 amide bonds. The number of pyridine rings is 1. The Hall–Kier alpha value is -2.69. The highest BCUT2D eigenvalue weighted by Crippen LogP contribution is 2.21. The molecular formula is C11H13N5O3. The molecule has 0 bridgehead atoms. The minimum absolute atomic E-state index is 0.0318. The topological polar surface area (TPSA) is 121 Å². The lowest BCUT2D eigenvalue weighted by atomic mass is 10.3. The molecule has 0 radical (unpaired) electrons. The van der Waals surface area contributed by atoms with E-state index in [1.165, 1.54) is 6.20 Å². The molecular weight excluding hydrogens is 250 g/mol. The van der Waals surface area contributed by atoms with Crippen LogP contribution in [0.25, 0.3) is 0 Å². The molecule has 0 fully saturated rings. The lowest BCUT2D eigenvalue weighted by Gasteiger charge is -2.06. The first-order valence-electron chi connectivity index (χ1n) is 5.63. The SMILES string of the molecule is CCCNC(=O)CNc1ncc(C#N)cc1[N+](=O)[O-]. The first-order valence-corrected chi connectivity index (χ1v) is 5.63. The number of nitriles is 1. The van der Waals surface area contributed by atoms with Crippen LogP contribution in [0.3, 0.4) is 0 Å². The van der Waals surface area contributed by atoms with Crippen molar-refractivity contribution in [2.75, 3.05) is 18.4 Å². The van der Waals surface area contributed by atoms with Crippen molar-refractivity contribution in [3.8, 4) is 6.07 Å². The summed E-state index contributed by atoms with van der Waals surface area (Å²) in [4.78, 5) is 25.3. The molecule has 0 atom stereocenters. The summed E-state index contributed by atoms with van der Waals surface area (Å²) in [6, 6.07) is 2.88. The van der Waals surface area contributed by atoms with Crippen LogP contribution >= 0.6 is 0 Å². The highest BCUT2D eigenvalue weighted by Gasteiger charge is 2.16. The second-order valence-corrected chi connectivity index (χ2v) is 3.66. The van der Waals surface area contributed by atoms with Crippen molar-refractivity contribution in [2.45, 2.75) is 13.3 Å². The number of hydrogen-bond donors (Lipinski definition) is 2. The molecule has 0 aliphatic carbocycles. The maximum atomic E-state index is 11.4. The van der Waals surface area contributed by atoms with Crippen molar-refractivity contribution in [1.29, 1.82) is 5.26 Å². The number of carbonyl (C=O) groups excluding carboxylic acids is 1. The van der Waals surface area contributed by atoms with E-state index in [2.05, 4.69) is 15.6 Å². The second-order valence-electron chi connectivity index (χ2n) is 3.66. The summed E-state index contributed by atoms with van der Waals surface area (Å²) in [6.07, 6.45) is 2.01. The summed E-state index contributed by atoms with van der Waals surface area (Å²) in [5.41, 5.74) is -0.241. The van der Waals surface area contributed by atoms with E-state index in [4.69, 9.17) is 5.26 Å². The summed E-state index contributed by atoms with van der Waals surface area (Å²) < 4.78 is 0. The Balaban J connectivity index is 2.76. The van der Waals surface area contributed by atoms with E-state index >= 15 is 0 Å². The van der Waals surface area contributed by atoms with Gasteiger partial charge in [-0.2, -0.15) is 5.26 Å². The number of nitrogens with zero attached hydrogens (tertiary/aromatic N) is 3. The van der Waals surface area contributed by atoms with E-state index in [0.717, 1.165) is 12.5 Å². The van der Waals surface area contributed by atoms with Crippen molar-refractivity contribution in [3.05, 3.63) is 27.9 Å². The van der Waals surface area contributed by atoms with Crippen LogP contribution in [0.5, 0.6) is 0 Å². The lowest BCUT2D eigenvalue weighted by molar-refractivity contribution is -0.384. The third-order valence-corrected chi connectivity index (χ3v) is 2.18. The van der Waals surface area contributed by atoms with Gasteiger partial charge in [0.05, 0.1) is 17.0 Å². The van der Waals surface area contributed by atoms with Gasteiger partial charge in [-0.05, 0) is 6.42 Å². The van der Waals surface area contributed by atoms with Crippen molar-refractivity contribution >= 4 is 17.4 Å². The minimum Gasteiger partial charge on any atom is -0.355 e. The highest BCUT2D eigenvalue weighted by molar-refractivity contribution is 5.81. The van der Waals surface area contributed by atoms with E-state index in [0.29, 0.717) is 6.54 Å². The first-order chi connectivity index (χ1) is 9.08. The van der Waals surface area contributed by atoms with Gasteiger partial charge >= 0.3 is 5.69 Å². The molecule has 0 spiro atoms. The molecule has 100 valence electrons. The smallest absolute Gasteiger partial charge is 0.312 e. The van der Waals surface area contributed by atoms with Crippen molar-refractivity contribution in [3.63, 3.8) is 0 Å². The Labute approximate surface area is 109 Å². The molecule has 1 aromatic heterocycles. The number of nitrogens with one attached hydrogen (secondary N) is 2. The summed E-state index contributed by atoms with van der Waals surface area (Å²) in [6.45, 7) is 2.35. The van der Waals surface area contributed by atoms with Crippen LogP contribution in [0.1, 0.15) is 18.9 Å². The molecule has 0 saturated heterocycles. The van der Waals surface area contributed by atoms with Gasteiger partial charge in [-0.25, -0.2) is 4.98 Å². The standard InChI is InChI=1S/C11H13N5O3/c1-2-3-13-10(17)7-15-11-9(16(18)19)4-8(5-12)6-14-11/h4,6H,2-3,7H2,1H3,(H,13,17)(H,14,15). The van der Waals surface area contributed by atoms with Gasteiger partial charge in [0.15, 0.2) is 0 Å². The first kappa shape index (κ1) is 14.4. The predicted octanol–water partition coefficient (Wildman–Crippen LogP) is 0.800. The molecule has 0 saturated carbocycles. The molecule has 0 aliphatic heterocycles. The number of rotatable bonds is 6. The van der Waals surface area contributed by atoms with Gasteiger partial charge in [-0.1, -0.05) is 6.92 Å². The summed E-state index contributed by atoms with van der Waals surface area (Å²) >= 11 is 0. The highest BCUT2D eigenvalue weighted by atomic mass is 16.6. The van der Waals surface area contributed by atoms with Crippen LogP contribution in [-0.4, -0.2) is 28.9 Å². The molecule has 0 unspecified atom stereocenters. The fourth-order valence-electron chi connectivity index (χ4n) is 1.28. The van der Waals surface area contributed by atoms with Crippen molar-refractivity contribution in [1.82, 2.24) is 10.3 Å². The average molecular weight is 263 g/mol. The molecule has 0 aliphatic rings. The molecule has 2 N–H and O–H groups in total. The van der Waals surface area contributed by atoms with Gasteiger partial charge < -0.3 is 10.6 Å². The fraction of sp³-hybridized carbons (Fsp3) is 0.364.